The fraction of sp³-hybridized carbons (Fsp3) is 0.767. The van der Waals surface area contributed by atoms with Gasteiger partial charge in [-0.1, -0.05) is 318 Å². The number of unbranched alkanes of at least 4 members (excludes halogenated alkanes) is 37. The van der Waals surface area contributed by atoms with Crippen molar-refractivity contribution in [2.75, 3.05) is 13.2 Å². The minimum Gasteiger partial charge on any atom is -0.462 e. The standard InChI is InChI=1S/C73H128O6/c1-4-7-10-13-16-19-22-25-27-28-29-30-31-32-33-34-35-36-37-38-39-40-41-42-43-44-46-48-51-54-57-60-63-66-72(75)78-69-70(68-77-71(74)65-62-59-56-53-50-47-24-21-18-15-12-9-6-3)79-73(76)67-64-61-58-55-52-49-45-26-23-20-17-14-11-8-5-2/h7-8,10-11,16-17,19-20,25-27,29-30,45,70H,4-6,9,12-15,18,21-24,28,31-44,46-69H2,1-3H3/b10-7-,11-8-,19-16-,20-17-,27-25-,30-29-,45-26-. The van der Waals surface area contributed by atoms with E-state index in [9.17, 15) is 14.4 Å². The molecule has 0 aliphatic heterocycles. The van der Waals surface area contributed by atoms with Gasteiger partial charge >= 0.3 is 17.9 Å². The summed E-state index contributed by atoms with van der Waals surface area (Å²) in [6.45, 7) is 6.44. The Morgan fingerprint density at radius 3 is 0.772 bits per heavy atom. The second-order valence-electron chi connectivity index (χ2n) is 22.7. The molecule has 456 valence electrons. The summed E-state index contributed by atoms with van der Waals surface area (Å²) < 4.78 is 16.9. The molecule has 0 radical (unpaired) electrons. The van der Waals surface area contributed by atoms with Gasteiger partial charge in [0.1, 0.15) is 13.2 Å². The molecule has 0 aromatic rings. The number of hydrogen-bond donors (Lipinski definition) is 0. The number of allylic oxidation sites excluding steroid dienone is 14. The Hall–Kier alpha value is -3.41. The summed E-state index contributed by atoms with van der Waals surface area (Å²) in [5.74, 6) is -0.877. The van der Waals surface area contributed by atoms with E-state index in [1.807, 2.05) is 0 Å². The third-order valence-electron chi connectivity index (χ3n) is 14.9. The molecule has 0 aliphatic rings. The van der Waals surface area contributed by atoms with Crippen molar-refractivity contribution in [3.63, 3.8) is 0 Å². The molecule has 0 rings (SSSR count). The molecule has 0 aromatic carbocycles. The van der Waals surface area contributed by atoms with E-state index in [2.05, 4.69) is 106 Å². The van der Waals surface area contributed by atoms with Crippen LogP contribution in [-0.2, 0) is 28.6 Å². The molecule has 0 amide bonds. The van der Waals surface area contributed by atoms with Crippen molar-refractivity contribution in [1.29, 1.82) is 0 Å². The van der Waals surface area contributed by atoms with E-state index in [1.165, 1.54) is 180 Å². The fourth-order valence-corrected chi connectivity index (χ4v) is 9.86. The Morgan fingerprint density at radius 2 is 0.494 bits per heavy atom. The maximum Gasteiger partial charge on any atom is 0.306 e. The highest BCUT2D eigenvalue weighted by atomic mass is 16.6. The van der Waals surface area contributed by atoms with Crippen LogP contribution in [0.4, 0.5) is 0 Å². The molecule has 1 unspecified atom stereocenters. The van der Waals surface area contributed by atoms with Gasteiger partial charge in [-0.05, 0) is 89.9 Å². The highest BCUT2D eigenvalue weighted by Gasteiger charge is 2.19. The third-order valence-corrected chi connectivity index (χ3v) is 14.9. The lowest BCUT2D eigenvalue weighted by Crippen LogP contribution is -2.30. The van der Waals surface area contributed by atoms with Crippen LogP contribution in [0, 0.1) is 0 Å². The monoisotopic (exact) mass is 1100 g/mol. The molecule has 6 heteroatoms. The van der Waals surface area contributed by atoms with Gasteiger partial charge in [0.15, 0.2) is 6.10 Å². The van der Waals surface area contributed by atoms with Gasteiger partial charge in [0, 0.05) is 19.3 Å². The van der Waals surface area contributed by atoms with Crippen molar-refractivity contribution < 1.29 is 28.6 Å². The molecule has 79 heavy (non-hydrogen) atoms. The van der Waals surface area contributed by atoms with Crippen molar-refractivity contribution in [2.24, 2.45) is 0 Å². The summed E-state index contributed by atoms with van der Waals surface area (Å²) in [5.41, 5.74) is 0. The summed E-state index contributed by atoms with van der Waals surface area (Å²) in [5, 5.41) is 0. The minimum absolute atomic E-state index is 0.0780. The van der Waals surface area contributed by atoms with Crippen molar-refractivity contribution in [2.45, 2.75) is 348 Å². The molecule has 0 spiro atoms. The Labute approximate surface area is 490 Å². The molecule has 0 aliphatic carbocycles. The fourth-order valence-electron chi connectivity index (χ4n) is 9.86. The van der Waals surface area contributed by atoms with Crippen LogP contribution in [0.5, 0.6) is 0 Å². The number of carbonyl (C=O) groups excluding carboxylic acids is 3. The van der Waals surface area contributed by atoms with Gasteiger partial charge in [-0.3, -0.25) is 14.4 Å². The van der Waals surface area contributed by atoms with Crippen LogP contribution >= 0.6 is 0 Å². The van der Waals surface area contributed by atoms with Crippen LogP contribution in [-0.4, -0.2) is 37.2 Å². The minimum atomic E-state index is -0.782. The molecule has 0 fully saturated rings. The zero-order chi connectivity index (χ0) is 57.1. The van der Waals surface area contributed by atoms with Crippen LogP contribution in [0.2, 0.25) is 0 Å². The maximum absolute atomic E-state index is 12.9. The summed E-state index contributed by atoms with van der Waals surface area (Å²) in [7, 11) is 0. The predicted molar refractivity (Wildman–Crippen MR) is 344 cm³/mol. The normalized spacial score (nSPS) is 12.6. The van der Waals surface area contributed by atoms with Crippen LogP contribution < -0.4 is 0 Å². The second-order valence-corrected chi connectivity index (χ2v) is 22.7. The Kier molecular flexibility index (Phi) is 64.2. The van der Waals surface area contributed by atoms with Crippen LogP contribution in [0.25, 0.3) is 0 Å². The van der Waals surface area contributed by atoms with Crippen molar-refractivity contribution in [3.05, 3.63) is 85.1 Å². The van der Waals surface area contributed by atoms with Gasteiger partial charge in [0.05, 0.1) is 0 Å². The number of hydrogen-bond acceptors (Lipinski definition) is 6. The summed E-state index contributed by atoms with van der Waals surface area (Å²) in [6, 6.07) is 0. The molecule has 0 bridgehead atoms. The molecule has 6 nitrogen and oxygen atoms in total. The molecule has 0 aromatic heterocycles. The van der Waals surface area contributed by atoms with E-state index in [1.54, 1.807) is 0 Å². The van der Waals surface area contributed by atoms with E-state index < -0.39 is 6.10 Å². The van der Waals surface area contributed by atoms with E-state index in [0.29, 0.717) is 19.3 Å². The molecule has 1 atom stereocenters. The lowest BCUT2D eigenvalue weighted by Gasteiger charge is -2.18. The average Bonchev–Trinajstić information content (AvgIpc) is 3.45. The van der Waals surface area contributed by atoms with Gasteiger partial charge in [0.25, 0.3) is 0 Å². The molecular weight excluding hydrogens is 973 g/mol. The van der Waals surface area contributed by atoms with E-state index in [0.717, 1.165) is 122 Å². The van der Waals surface area contributed by atoms with Gasteiger partial charge in [-0.25, -0.2) is 0 Å². The third kappa shape index (κ3) is 65.3. The quantitative estimate of drug-likeness (QED) is 0.0261. The first-order valence-electron chi connectivity index (χ1n) is 34.1. The molecule has 0 saturated carbocycles. The Balaban J connectivity index is 4.12. The van der Waals surface area contributed by atoms with Gasteiger partial charge in [-0.2, -0.15) is 0 Å². The summed E-state index contributed by atoms with van der Waals surface area (Å²) >= 11 is 0. The molecule has 0 saturated heterocycles. The maximum atomic E-state index is 12.9. The van der Waals surface area contributed by atoms with Crippen LogP contribution in [0.15, 0.2) is 85.1 Å². The predicted octanol–water partition coefficient (Wildman–Crippen LogP) is 23.4. The Bertz CT molecular complexity index is 1500. The molecule has 0 heterocycles. The first kappa shape index (κ1) is 75.6. The second kappa shape index (κ2) is 67.1. The van der Waals surface area contributed by atoms with Crippen molar-refractivity contribution in [3.8, 4) is 0 Å². The zero-order valence-corrected chi connectivity index (χ0v) is 52.4. The van der Waals surface area contributed by atoms with Crippen molar-refractivity contribution >= 4 is 17.9 Å². The van der Waals surface area contributed by atoms with E-state index in [4.69, 9.17) is 14.2 Å². The topological polar surface area (TPSA) is 78.9 Å². The molecule has 0 N–H and O–H groups in total. The average molecular weight is 1100 g/mol. The SMILES string of the molecule is CC/C=C\C/C=C\C/C=C\C/C=C\CCCCCCCCCCCCCCCCCCCCCCC(=O)OCC(COC(=O)CCCCCCCCCCCCCCC)OC(=O)CCCCCCC/C=C\C/C=C\C/C=C\CC. The summed E-state index contributed by atoms with van der Waals surface area (Å²) in [6.07, 6.45) is 89.0. The first-order valence-corrected chi connectivity index (χ1v) is 34.1. The lowest BCUT2D eigenvalue weighted by molar-refractivity contribution is -0.167. The number of carbonyl (C=O) groups is 3. The van der Waals surface area contributed by atoms with Gasteiger partial charge in [-0.15, -0.1) is 0 Å². The number of esters is 3. The van der Waals surface area contributed by atoms with Crippen LogP contribution in [0.1, 0.15) is 342 Å². The van der Waals surface area contributed by atoms with Gasteiger partial charge < -0.3 is 14.2 Å². The first-order chi connectivity index (χ1) is 39.0. The smallest absolute Gasteiger partial charge is 0.306 e. The lowest BCUT2D eigenvalue weighted by atomic mass is 10.0. The molecular formula is C73H128O6. The van der Waals surface area contributed by atoms with Gasteiger partial charge in [0.2, 0.25) is 0 Å². The summed E-state index contributed by atoms with van der Waals surface area (Å²) in [4.78, 5) is 38.3. The number of rotatable bonds is 62. The van der Waals surface area contributed by atoms with Crippen LogP contribution in [0.3, 0.4) is 0 Å². The zero-order valence-electron chi connectivity index (χ0n) is 52.4. The highest BCUT2D eigenvalue weighted by Crippen LogP contribution is 2.18. The highest BCUT2D eigenvalue weighted by molar-refractivity contribution is 5.71. The Morgan fingerprint density at radius 1 is 0.266 bits per heavy atom. The van der Waals surface area contributed by atoms with E-state index >= 15 is 0 Å². The largest absolute Gasteiger partial charge is 0.462 e. The van der Waals surface area contributed by atoms with E-state index in [-0.39, 0.29) is 31.1 Å². The number of ether oxygens (including phenoxy) is 3. The van der Waals surface area contributed by atoms with Crippen molar-refractivity contribution in [1.82, 2.24) is 0 Å².